The highest BCUT2D eigenvalue weighted by atomic mass is 79.9. The van der Waals surface area contributed by atoms with Crippen molar-refractivity contribution >= 4 is 37.6 Å². The highest BCUT2D eigenvalue weighted by molar-refractivity contribution is 9.10. The van der Waals surface area contributed by atoms with Crippen LogP contribution in [-0.4, -0.2) is 27.5 Å². The summed E-state index contributed by atoms with van der Waals surface area (Å²) < 4.78 is 45.5. The van der Waals surface area contributed by atoms with E-state index in [0.29, 0.717) is 4.47 Å². The third-order valence-electron chi connectivity index (χ3n) is 3.35. The number of hydrogen-bond acceptors (Lipinski definition) is 4. The van der Waals surface area contributed by atoms with Crippen LogP contribution in [0, 0.1) is 12.7 Å². The minimum absolute atomic E-state index is 0.00623. The number of halogens is 2. The number of nitrogens with zero attached hydrogens (tertiary/aromatic N) is 1. The predicted molar refractivity (Wildman–Crippen MR) is 96.4 cm³/mol. The van der Waals surface area contributed by atoms with Crippen molar-refractivity contribution < 1.29 is 22.3 Å². The molecule has 0 bridgehead atoms. The number of rotatable bonds is 6. The van der Waals surface area contributed by atoms with E-state index in [1.165, 1.54) is 18.2 Å². The molecule has 0 atom stereocenters. The Balaban J connectivity index is 2.52. The Bertz CT molecular complexity index is 869. The van der Waals surface area contributed by atoms with E-state index in [4.69, 9.17) is 4.74 Å². The molecular weight excluding hydrogens is 413 g/mol. The minimum atomic E-state index is -4.06. The first kappa shape index (κ1) is 19.4. The van der Waals surface area contributed by atoms with Gasteiger partial charge in [0.2, 0.25) is 0 Å². The van der Waals surface area contributed by atoms with Crippen LogP contribution in [0.3, 0.4) is 0 Å². The molecule has 2 rings (SSSR count). The van der Waals surface area contributed by atoms with Crippen LogP contribution in [-0.2, 0) is 19.6 Å². The maximum Gasteiger partial charge on any atom is 0.326 e. The zero-order valence-electron chi connectivity index (χ0n) is 13.7. The Kier molecular flexibility index (Phi) is 6.18. The molecule has 0 aliphatic heterocycles. The van der Waals surface area contributed by atoms with Crippen LogP contribution >= 0.6 is 15.9 Å². The lowest BCUT2D eigenvalue weighted by molar-refractivity contribution is -0.141. The first-order chi connectivity index (χ1) is 11.8. The fraction of sp³-hybridized carbons (Fsp3) is 0.235. The molecule has 25 heavy (non-hydrogen) atoms. The van der Waals surface area contributed by atoms with Crippen LogP contribution in [0.1, 0.15) is 12.5 Å². The molecule has 0 spiro atoms. The molecule has 134 valence electrons. The number of esters is 1. The second-order valence-corrected chi connectivity index (χ2v) is 7.91. The Morgan fingerprint density at radius 3 is 2.40 bits per heavy atom. The lowest BCUT2D eigenvalue weighted by Gasteiger charge is -2.24. The number of sulfonamides is 1. The van der Waals surface area contributed by atoms with E-state index in [9.17, 15) is 17.6 Å². The van der Waals surface area contributed by atoms with Crippen LogP contribution in [0.2, 0.25) is 0 Å². The lowest BCUT2D eigenvalue weighted by atomic mass is 10.2. The van der Waals surface area contributed by atoms with Crippen molar-refractivity contribution in [2.75, 3.05) is 17.5 Å². The summed E-state index contributed by atoms with van der Waals surface area (Å²) in [7, 11) is -4.06. The summed E-state index contributed by atoms with van der Waals surface area (Å²) in [4.78, 5) is 11.9. The maximum atomic E-state index is 13.2. The highest BCUT2D eigenvalue weighted by Gasteiger charge is 2.29. The van der Waals surface area contributed by atoms with Gasteiger partial charge in [-0.05, 0) is 71.7 Å². The first-order valence-corrected chi connectivity index (χ1v) is 9.69. The molecular formula is C17H17BrFNO4S. The van der Waals surface area contributed by atoms with E-state index in [2.05, 4.69) is 15.9 Å². The van der Waals surface area contributed by atoms with Crippen LogP contribution < -0.4 is 4.31 Å². The molecule has 0 saturated carbocycles. The van der Waals surface area contributed by atoms with Crippen molar-refractivity contribution in [1.29, 1.82) is 0 Å². The third-order valence-corrected chi connectivity index (χ3v) is 6.10. The van der Waals surface area contributed by atoms with Crippen molar-refractivity contribution in [3.63, 3.8) is 0 Å². The van der Waals surface area contributed by atoms with Crippen molar-refractivity contribution in [3.05, 3.63) is 58.3 Å². The van der Waals surface area contributed by atoms with Gasteiger partial charge in [0, 0.05) is 4.47 Å². The first-order valence-electron chi connectivity index (χ1n) is 7.45. The monoisotopic (exact) mass is 429 g/mol. The standard InChI is InChI=1S/C17H17BrFNO4S/c1-3-24-17(21)11-20(14-7-5-13(19)6-8-14)25(22,23)16-9-4-12(2)10-15(16)18/h4-10H,3,11H2,1-2H3. The van der Waals surface area contributed by atoms with Crippen LogP contribution in [0.25, 0.3) is 0 Å². The summed E-state index contributed by atoms with van der Waals surface area (Å²) in [6.45, 7) is 3.08. The van der Waals surface area contributed by atoms with Gasteiger partial charge in [-0.3, -0.25) is 9.10 Å². The van der Waals surface area contributed by atoms with Gasteiger partial charge in [-0.1, -0.05) is 6.07 Å². The minimum Gasteiger partial charge on any atom is -0.465 e. The van der Waals surface area contributed by atoms with E-state index in [1.54, 1.807) is 19.1 Å². The highest BCUT2D eigenvalue weighted by Crippen LogP contribution is 2.29. The number of benzene rings is 2. The predicted octanol–water partition coefficient (Wildman–Crippen LogP) is 3.66. The summed E-state index contributed by atoms with van der Waals surface area (Å²) in [5, 5.41) is 0. The van der Waals surface area contributed by atoms with Gasteiger partial charge in [0.15, 0.2) is 0 Å². The summed E-state index contributed by atoms with van der Waals surface area (Å²) in [5.41, 5.74) is 1.05. The van der Waals surface area contributed by atoms with E-state index in [-0.39, 0.29) is 17.2 Å². The summed E-state index contributed by atoms with van der Waals surface area (Å²) in [6.07, 6.45) is 0. The fourth-order valence-electron chi connectivity index (χ4n) is 2.18. The third kappa shape index (κ3) is 4.58. The zero-order chi connectivity index (χ0) is 18.6. The van der Waals surface area contributed by atoms with E-state index < -0.39 is 28.4 Å². The van der Waals surface area contributed by atoms with E-state index in [1.807, 2.05) is 6.92 Å². The molecule has 0 aliphatic rings. The topological polar surface area (TPSA) is 63.7 Å². The van der Waals surface area contributed by atoms with Crippen molar-refractivity contribution in [3.8, 4) is 0 Å². The number of aryl methyl sites for hydroxylation is 1. The number of carbonyl (C=O) groups excluding carboxylic acids is 1. The molecule has 0 unspecified atom stereocenters. The van der Waals surface area contributed by atoms with Gasteiger partial charge in [-0.25, -0.2) is 12.8 Å². The van der Waals surface area contributed by atoms with Gasteiger partial charge < -0.3 is 4.74 Å². The average molecular weight is 430 g/mol. The Morgan fingerprint density at radius 1 is 1.20 bits per heavy atom. The van der Waals surface area contributed by atoms with Gasteiger partial charge in [0.1, 0.15) is 17.3 Å². The Labute approximate surface area is 154 Å². The van der Waals surface area contributed by atoms with Crippen molar-refractivity contribution in [2.24, 2.45) is 0 Å². The molecule has 8 heteroatoms. The molecule has 0 heterocycles. The molecule has 5 nitrogen and oxygen atoms in total. The number of hydrogen-bond donors (Lipinski definition) is 0. The second-order valence-electron chi connectivity index (χ2n) is 5.23. The molecule has 2 aromatic carbocycles. The zero-order valence-corrected chi connectivity index (χ0v) is 16.1. The number of anilines is 1. The number of ether oxygens (including phenoxy) is 1. The largest absolute Gasteiger partial charge is 0.465 e. The van der Waals surface area contributed by atoms with Gasteiger partial charge in [-0.15, -0.1) is 0 Å². The molecule has 0 aliphatic carbocycles. The van der Waals surface area contributed by atoms with Gasteiger partial charge in [-0.2, -0.15) is 0 Å². The average Bonchev–Trinajstić information content (AvgIpc) is 2.53. The maximum absolute atomic E-state index is 13.2. The van der Waals surface area contributed by atoms with Crippen LogP contribution in [0.4, 0.5) is 10.1 Å². The quantitative estimate of drug-likeness (QED) is 0.657. The van der Waals surface area contributed by atoms with Crippen molar-refractivity contribution in [1.82, 2.24) is 0 Å². The van der Waals surface area contributed by atoms with Gasteiger partial charge in [0.25, 0.3) is 10.0 Å². The molecule has 0 N–H and O–H groups in total. The van der Waals surface area contributed by atoms with Gasteiger partial charge in [0.05, 0.1) is 12.3 Å². The molecule has 0 amide bonds. The SMILES string of the molecule is CCOC(=O)CN(c1ccc(F)cc1)S(=O)(=O)c1ccc(C)cc1Br. The normalized spacial score (nSPS) is 11.2. The summed E-state index contributed by atoms with van der Waals surface area (Å²) in [6, 6.07) is 9.64. The Morgan fingerprint density at radius 2 is 1.84 bits per heavy atom. The smallest absolute Gasteiger partial charge is 0.326 e. The molecule has 0 aromatic heterocycles. The second kappa shape index (κ2) is 7.97. The molecule has 2 aromatic rings. The molecule has 0 saturated heterocycles. The van der Waals surface area contributed by atoms with E-state index in [0.717, 1.165) is 22.0 Å². The van der Waals surface area contributed by atoms with Crippen molar-refractivity contribution in [2.45, 2.75) is 18.7 Å². The Hall–Kier alpha value is -1.93. The van der Waals surface area contributed by atoms with Crippen LogP contribution in [0.15, 0.2) is 51.8 Å². The number of carbonyl (C=O) groups is 1. The summed E-state index contributed by atoms with van der Waals surface area (Å²) in [5.74, 6) is -1.20. The molecule has 0 radical (unpaired) electrons. The molecule has 0 fully saturated rings. The lowest BCUT2D eigenvalue weighted by Crippen LogP contribution is -2.36. The van der Waals surface area contributed by atoms with Gasteiger partial charge >= 0.3 is 5.97 Å². The fourth-order valence-corrected chi connectivity index (χ4v) is 4.74. The van der Waals surface area contributed by atoms with E-state index >= 15 is 0 Å². The van der Waals surface area contributed by atoms with Crippen LogP contribution in [0.5, 0.6) is 0 Å². The summed E-state index contributed by atoms with van der Waals surface area (Å²) >= 11 is 3.25.